The first-order chi connectivity index (χ1) is 10.0. The number of rotatable bonds is 3. The number of benzene rings is 2. The van der Waals surface area contributed by atoms with E-state index in [1.165, 1.54) is 17.7 Å². The first-order valence-corrected chi connectivity index (χ1v) is 7.01. The largest absolute Gasteiger partial charge is 0.416 e. The molecule has 0 heterocycles. The second kappa shape index (κ2) is 5.43. The lowest BCUT2D eigenvalue weighted by Gasteiger charge is -2.37. The van der Waals surface area contributed by atoms with Crippen LogP contribution in [0.15, 0.2) is 54.6 Å². The zero-order valence-corrected chi connectivity index (χ0v) is 11.4. The predicted molar refractivity (Wildman–Crippen MR) is 77.3 cm³/mol. The van der Waals surface area contributed by atoms with Crippen molar-refractivity contribution in [1.82, 2.24) is 0 Å². The summed E-state index contributed by atoms with van der Waals surface area (Å²) in [6.45, 7) is 0. The van der Waals surface area contributed by atoms with Gasteiger partial charge in [0.25, 0.3) is 0 Å². The van der Waals surface area contributed by atoms with Gasteiger partial charge in [-0.25, -0.2) is 0 Å². The highest BCUT2D eigenvalue weighted by Gasteiger charge is 2.31. The van der Waals surface area contributed by atoms with Crippen molar-refractivity contribution in [3.8, 4) is 0 Å². The zero-order valence-electron chi connectivity index (χ0n) is 11.4. The molecule has 0 saturated heterocycles. The monoisotopic (exact) mass is 291 g/mol. The molecule has 21 heavy (non-hydrogen) atoms. The summed E-state index contributed by atoms with van der Waals surface area (Å²) in [5.41, 5.74) is 1.48. The summed E-state index contributed by atoms with van der Waals surface area (Å²) >= 11 is 0. The van der Waals surface area contributed by atoms with E-state index in [0.717, 1.165) is 30.7 Å². The van der Waals surface area contributed by atoms with Gasteiger partial charge in [-0.15, -0.1) is 0 Å². The van der Waals surface area contributed by atoms with E-state index in [1.54, 1.807) is 0 Å². The number of anilines is 1. The molecule has 2 aromatic carbocycles. The minimum absolute atomic E-state index is 0.340. The molecule has 0 aliphatic heterocycles. The third-order valence-electron chi connectivity index (χ3n) is 3.99. The molecular weight excluding hydrogens is 275 g/mol. The average Bonchev–Trinajstić information content (AvgIpc) is 2.43. The lowest BCUT2D eigenvalue weighted by molar-refractivity contribution is -0.137. The standard InChI is InChI=1S/C17H16F3N/c18-17(19,20)14-6-8-15(9-7-14)21-16-10-13(11-16)12-4-2-1-3-5-12/h1-9,13,16,21H,10-11H2. The van der Waals surface area contributed by atoms with Gasteiger partial charge in [-0.2, -0.15) is 13.2 Å². The highest BCUT2D eigenvalue weighted by Crippen LogP contribution is 2.38. The molecule has 2 aromatic rings. The van der Waals surface area contributed by atoms with Crippen LogP contribution in [0.2, 0.25) is 0 Å². The number of halogens is 3. The van der Waals surface area contributed by atoms with Gasteiger partial charge in [-0.3, -0.25) is 0 Å². The molecule has 1 N–H and O–H groups in total. The third kappa shape index (κ3) is 3.20. The zero-order chi connectivity index (χ0) is 14.9. The van der Waals surface area contributed by atoms with Gasteiger partial charge in [-0.1, -0.05) is 30.3 Å². The Morgan fingerprint density at radius 2 is 1.48 bits per heavy atom. The van der Waals surface area contributed by atoms with Gasteiger partial charge in [0.05, 0.1) is 5.56 Å². The molecule has 4 heteroatoms. The Bertz CT molecular complexity index is 584. The van der Waals surface area contributed by atoms with Gasteiger partial charge in [0.2, 0.25) is 0 Å². The van der Waals surface area contributed by atoms with Crippen LogP contribution >= 0.6 is 0 Å². The molecule has 3 rings (SSSR count). The minimum Gasteiger partial charge on any atom is -0.382 e. The first kappa shape index (κ1) is 14.0. The van der Waals surface area contributed by atoms with E-state index < -0.39 is 11.7 Å². The fourth-order valence-electron chi connectivity index (χ4n) is 2.72. The molecule has 110 valence electrons. The SMILES string of the molecule is FC(F)(F)c1ccc(NC2CC(c3ccccc3)C2)cc1. The van der Waals surface area contributed by atoms with Crippen molar-refractivity contribution in [3.05, 3.63) is 65.7 Å². The van der Waals surface area contributed by atoms with Crippen LogP contribution in [0.3, 0.4) is 0 Å². The molecule has 1 aliphatic rings. The lowest BCUT2D eigenvalue weighted by atomic mass is 9.76. The quantitative estimate of drug-likeness (QED) is 0.833. The molecule has 0 unspecified atom stereocenters. The van der Waals surface area contributed by atoms with Crippen molar-refractivity contribution < 1.29 is 13.2 Å². The van der Waals surface area contributed by atoms with Crippen LogP contribution in [0.25, 0.3) is 0 Å². The summed E-state index contributed by atoms with van der Waals surface area (Å²) in [5.74, 6) is 0.554. The van der Waals surface area contributed by atoms with Crippen LogP contribution in [0, 0.1) is 0 Å². The van der Waals surface area contributed by atoms with Crippen LogP contribution in [-0.4, -0.2) is 6.04 Å². The highest BCUT2D eigenvalue weighted by atomic mass is 19.4. The average molecular weight is 291 g/mol. The highest BCUT2D eigenvalue weighted by molar-refractivity contribution is 5.47. The maximum atomic E-state index is 12.5. The molecule has 0 aromatic heterocycles. The molecule has 1 fully saturated rings. The normalized spacial score (nSPS) is 21.7. The van der Waals surface area contributed by atoms with Crippen LogP contribution in [0.5, 0.6) is 0 Å². The van der Waals surface area contributed by atoms with E-state index in [2.05, 4.69) is 17.4 Å². The van der Waals surface area contributed by atoms with E-state index >= 15 is 0 Å². The van der Waals surface area contributed by atoms with Gasteiger partial charge in [0.1, 0.15) is 0 Å². The molecule has 0 radical (unpaired) electrons. The Morgan fingerprint density at radius 3 is 2.05 bits per heavy atom. The van der Waals surface area contributed by atoms with E-state index in [0.29, 0.717) is 12.0 Å². The molecule has 1 aliphatic carbocycles. The second-order valence-electron chi connectivity index (χ2n) is 5.50. The molecule has 1 nitrogen and oxygen atoms in total. The van der Waals surface area contributed by atoms with Gasteiger partial charge in [-0.05, 0) is 48.6 Å². The van der Waals surface area contributed by atoms with Crippen LogP contribution in [0.1, 0.15) is 29.9 Å². The minimum atomic E-state index is -4.27. The second-order valence-corrected chi connectivity index (χ2v) is 5.50. The summed E-state index contributed by atoms with van der Waals surface area (Å²) < 4.78 is 37.4. The summed E-state index contributed by atoms with van der Waals surface area (Å²) in [7, 11) is 0. The van der Waals surface area contributed by atoms with E-state index in [4.69, 9.17) is 0 Å². The molecule has 0 bridgehead atoms. The molecular formula is C17H16F3N. The number of hydrogen-bond donors (Lipinski definition) is 1. The van der Waals surface area contributed by atoms with Crippen molar-refractivity contribution in [3.63, 3.8) is 0 Å². The van der Waals surface area contributed by atoms with Crippen LogP contribution < -0.4 is 5.32 Å². The molecule has 0 atom stereocenters. The summed E-state index contributed by atoms with van der Waals surface area (Å²) in [6, 6.07) is 15.9. The fraction of sp³-hybridized carbons (Fsp3) is 0.294. The summed E-state index contributed by atoms with van der Waals surface area (Å²) in [4.78, 5) is 0. The number of hydrogen-bond acceptors (Lipinski definition) is 1. The Balaban J connectivity index is 1.55. The number of alkyl halides is 3. The summed E-state index contributed by atoms with van der Waals surface area (Å²) in [6.07, 6.45) is -2.23. The van der Waals surface area contributed by atoms with Crippen molar-refractivity contribution in [2.45, 2.75) is 31.0 Å². The van der Waals surface area contributed by atoms with Crippen molar-refractivity contribution in [2.24, 2.45) is 0 Å². The lowest BCUT2D eigenvalue weighted by Crippen LogP contribution is -2.33. The van der Waals surface area contributed by atoms with Gasteiger partial charge >= 0.3 is 6.18 Å². The Morgan fingerprint density at radius 1 is 0.857 bits per heavy atom. The van der Waals surface area contributed by atoms with Gasteiger partial charge < -0.3 is 5.32 Å². The maximum absolute atomic E-state index is 12.5. The Kier molecular flexibility index (Phi) is 3.62. The van der Waals surface area contributed by atoms with E-state index in [1.807, 2.05) is 18.2 Å². The smallest absolute Gasteiger partial charge is 0.382 e. The van der Waals surface area contributed by atoms with Crippen molar-refractivity contribution >= 4 is 5.69 Å². The van der Waals surface area contributed by atoms with Crippen LogP contribution in [0.4, 0.5) is 18.9 Å². The maximum Gasteiger partial charge on any atom is 0.416 e. The number of nitrogens with one attached hydrogen (secondary N) is 1. The molecule has 0 amide bonds. The van der Waals surface area contributed by atoms with Crippen molar-refractivity contribution in [2.75, 3.05) is 5.32 Å². The third-order valence-corrected chi connectivity index (χ3v) is 3.99. The Labute approximate surface area is 121 Å². The first-order valence-electron chi connectivity index (χ1n) is 7.01. The topological polar surface area (TPSA) is 12.0 Å². The van der Waals surface area contributed by atoms with E-state index in [-0.39, 0.29) is 0 Å². The molecule has 0 spiro atoms. The van der Waals surface area contributed by atoms with E-state index in [9.17, 15) is 13.2 Å². The van der Waals surface area contributed by atoms with Gasteiger partial charge in [0.15, 0.2) is 0 Å². The predicted octanol–water partition coefficient (Wildman–Crippen LogP) is 5.06. The van der Waals surface area contributed by atoms with Crippen molar-refractivity contribution in [1.29, 1.82) is 0 Å². The summed E-state index contributed by atoms with van der Waals surface area (Å²) in [5, 5.41) is 3.29. The van der Waals surface area contributed by atoms with Crippen LogP contribution in [-0.2, 0) is 6.18 Å². The molecule has 1 saturated carbocycles. The van der Waals surface area contributed by atoms with Gasteiger partial charge in [0, 0.05) is 11.7 Å². The Hall–Kier alpha value is -1.97. The fourth-order valence-corrected chi connectivity index (χ4v) is 2.72.